The third-order valence-electron chi connectivity index (χ3n) is 2.12. The molecule has 0 radical (unpaired) electrons. The maximum Gasteiger partial charge on any atom is 0.254 e. The summed E-state index contributed by atoms with van der Waals surface area (Å²) in [4.78, 5) is 13.1. The molecule has 0 N–H and O–H groups in total. The third-order valence-corrected chi connectivity index (χ3v) is 2.72. The highest BCUT2D eigenvalue weighted by Crippen LogP contribution is 2.21. The molecule has 0 aliphatic rings. The van der Waals surface area contributed by atoms with E-state index in [-0.39, 0.29) is 12.1 Å². The molecule has 90 valence electrons. The standard InChI is InChI=1S/C9H10BrN5O2/c1-14-12-8(11-13-14)5-15-4-6(10)7(17-2)3-9(15)16/h3-4H,5H2,1-2H3. The van der Waals surface area contributed by atoms with Crippen LogP contribution in [0.1, 0.15) is 5.82 Å². The molecule has 7 nitrogen and oxygen atoms in total. The van der Waals surface area contributed by atoms with Crippen molar-refractivity contribution in [3.63, 3.8) is 0 Å². The van der Waals surface area contributed by atoms with Gasteiger partial charge in [-0.3, -0.25) is 4.79 Å². The topological polar surface area (TPSA) is 74.8 Å². The summed E-state index contributed by atoms with van der Waals surface area (Å²) in [6.07, 6.45) is 1.64. The van der Waals surface area contributed by atoms with E-state index in [1.54, 1.807) is 13.2 Å². The van der Waals surface area contributed by atoms with E-state index < -0.39 is 0 Å². The number of pyridine rings is 1. The van der Waals surface area contributed by atoms with Crippen molar-refractivity contribution in [2.75, 3.05) is 7.11 Å². The highest BCUT2D eigenvalue weighted by molar-refractivity contribution is 9.10. The normalized spacial score (nSPS) is 10.5. The van der Waals surface area contributed by atoms with Crippen LogP contribution in [0.2, 0.25) is 0 Å². The molecule has 0 atom stereocenters. The Morgan fingerprint density at radius 3 is 2.88 bits per heavy atom. The molecule has 2 rings (SSSR count). The Balaban J connectivity index is 2.33. The molecule has 17 heavy (non-hydrogen) atoms. The summed E-state index contributed by atoms with van der Waals surface area (Å²) in [7, 11) is 3.18. The quantitative estimate of drug-likeness (QED) is 0.809. The van der Waals surface area contributed by atoms with Gasteiger partial charge in [0.2, 0.25) is 0 Å². The van der Waals surface area contributed by atoms with Crippen molar-refractivity contribution < 1.29 is 4.74 Å². The number of aryl methyl sites for hydroxylation is 1. The van der Waals surface area contributed by atoms with Gasteiger partial charge in [-0.2, -0.15) is 4.80 Å². The number of hydrogen-bond donors (Lipinski definition) is 0. The summed E-state index contributed by atoms with van der Waals surface area (Å²) in [6, 6.07) is 1.40. The zero-order chi connectivity index (χ0) is 12.4. The van der Waals surface area contributed by atoms with Gasteiger partial charge in [0.25, 0.3) is 5.56 Å². The second kappa shape index (κ2) is 4.66. The van der Waals surface area contributed by atoms with E-state index in [1.807, 2.05) is 0 Å². The fraction of sp³-hybridized carbons (Fsp3) is 0.333. The van der Waals surface area contributed by atoms with E-state index >= 15 is 0 Å². The number of tetrazole rings is 1. The molecule has 0 aromatic carbocycles. The molecule has 0 fully saturated rings. The zero-order valence-electron chi connectivity index (χ0n) is 9.29. The predicted octanol–water partition coefficient (Wildman–Crippen LogP) is 0.191. The van der Waals surface area contributed by atoms with Crippen LogP contribution in [0, 0.1) is 0 Å². The maximum atomic E-state index is 11.7. The van der Waals surface area contributed by atoms with Crippen LogP contribution < -0.4 is 10.3 Å². The molecule has 0 spiro atoms. The Labute approximate surface area is 105 Å². The zero-order valence-corrected chi connectivity index (χ0v) is 10.9. The van der Waals surface area contributed by atoms with Gasteiger partial charge in [0, 0.05) is 12.3 Å². The number of nitrogens with zero attached hydrogens (tertiary/aromatic N) is 5. The minimum atomic E-state index is -0.183. The molecule has 0 bridgehead atoms. The number of aromatic nitrogens is 5. The fourth-order valence-corrected chi connectivity index (χ4v) is 1.87. The van der Waals surface area contributed by atoms with E-state index in [9.17, 15) is 4.79 Å². The molecule has 2 aromatic rings. The van der Waals surface area contributed by atoms with E-state index in [4.69, 9.17) is 4.74 Å². The molecule has 8 heteroatoms. The summed E-state index contributed by atoms with van der Waals surface area (Å²) >= 11 is 3.31. The van der Waals surface area contributed by atoms with Gasteiger partial charge in [-0.1, -0.05) is 0 Å². The SMILES string of the molecule is COc1cc(=O)n(Cc2nnn(C)n2)cc1Br. The predicted molar refractivity (Wildman–Crippen MR) is 62.9 cm³/mol. The van der Waals surface area contributed by atoms with Crippen LogP contribution in [0.5, 0.6) is 5.75 Å². The monoisotopic (exact) mass is 299 g/mol. The van der Waals surface area contributed by atoms with E-state index in [0.717, 1.165) is 0 Å². The lowest BCUT2D eigenvalue weighted by Crippen LogP contribution is -2.20. The van der Waals surface area contributed by atoms with E-state index in [1.165, 1.54) is 22.5 Å². The second-order valence-electron chi connectivity index (χ2n) is 3.35. The molecule has 0 saturated carbocycles. The van der Waals surface area contributed by atoms with Gasteiger partial charge in [0.05, 0.1) is 25.2 Å². The number of hydrogen-bond acceptors (Lipinski definition) is 5. The molecule has 2 heterocycles. The van der Waals surface area contributed by atoms with Crippen molar-refractivity contribution in [1.29, 1.82) is 0 Å². The second-order valence-corrected chi connectivity index (χ2v) is 4.21. The number of ether oxygens (including phenoxy) is 1. The Morgan fingerprint density at radius 1 is 1.53 bits per heavy atom. The maximum absolute atomic E-state index is 11.7. The summed E-state index contributed by atoms with van der Waals surface area (Å²) in [5.74, 6) is 0.977. The van der Waals surface area contributed by atoms with Gasteiger partial charge in [0.1, 0.15) is 5.75 Å². The first-order chi connectivity index (χ1) is 8.10. The lowest BCUT2D eigenvalue weighted by atomic mass is 10.4. The lowest BCUT2D eigenvalue weighted by molar-refractivity contribution is 0.409. The van der Waals surface area contributed by atoms with Crippen LogP contribution in [0.25, 0.3) is 0 Å². The number of methoxy groups -OCH3 is 1. The van der Waals surface area contributed by atoms with Crippen molar-refractivity contribution in [1.82, 2.24) is 24.8 Å². The van der Waals surface area contributed by atoms with Crippen LogP contribution in [0.4, 0.5) is 0 Å². The van der Waals surface area contributed by atoms with Crippen molar-refractivity contribution in [3.8, 4) is 5.75 Å². The van der Waals surface area contributed by atoms with Crippen LogP contribution in [-0.2, 0) is 13.6 Å². The van der Waals surface area contributed by atoms with E-state index in [2.05, 4.69) is 31.3 Å². The van der Waals surface area contributed by atoms with Crippen LogP contribution in [0.15, 0.2) is 21.5 Å². The Bertz CT molecular complexity index is 591. The molecule has 0 amide bonds. The molecule has 0 aliphatic carbocycles. The molecule has 0 saturated heterocycles. The lowest BCUT2D eigenvalue weighted by Gasteiger charge is -2.06. The van der Waals surface area contributed by atoms with Crippen molar-refractivity contribution in [3.05, 3.63) is 32.9 Å². The summed E-state index contributed by atoms with van der Waals surface area (Å²) in [5, 5.41) is 11.5. The van der Waals surface area contributed by atoms with E-state index in [0.29, 0.717) is 16.0 Å². The van der Waals surface area contributed by atoms with Gasteiger partial charge in [-0.25, -0.2) is 0 Å². The minimum Gasteiger partial charge on any atom is -0.495 e. The highest BCUT2D eigenvalue weighted by atomic mass is 79.9. The summed E-state index contributed by atoms with van der Waals surface area (Å²) in [6.45, 7) is 0.273. The van der Waals surface area contributed by atoms with Crippen LogP contribution in [0.3, 0.4) is 0 Å². The van der Waals surface area contributed by atoms with Crippen molar-refractivity contribution >= 4 is 15.9 Å². The fourth-order valence-electron chi connectivity index (χ4n) is 1.35. The smallest absolute Gasteiger partial charge is 0.254 e. The first-order valence-corrected chi connectivity index (χ1v) is 5.56. The summed E-state index contributed by atoms with van der Waals surface area (Å²) < 4.78 is 7.20. The molecular weight excluding hydrogens is 290 g/mol. The number of rotatable bonds is 3. The van der Waals surface area contributed by atoms with Gasteiger partial charge in [-0.15, -0.1) is 10.2 Å². The van der Waals surface area contributed by atoms with Crippen LogP contribution in [-0.4, -0.2) is 31.9 Å². The average molecular weight is 300 g/mol. The van der Waals surface area contributed by atoms with Gasteiger partial charge < -0.3 is 9.30 Å². The summed E-state index contributed by atoms with van der Waals surface area (Å²) in [5.41, 5.74) is -0.183. The third kappa shape index (κ3) is 2.52. The van der Waals surface area contributed by atoms with Gasteiger partial charge in [-0.05, 0) is 21.1 Å². The molecule has 0 aliphatic heterocycles. The Morgan fingerprint density at radius 2 is 2.29 bits per heavy atom. The molecule has 0 unspecified atom stereocenters. The largest absolute Gasteiger partial charge is 0.495 e. The van der Waals surface area contributed by atoms with Gasteiger partial charge in [0.15, 0.2) is 5.82 Å². The molecule has 2 aromatic heterocycles. The first-order valence-electron chi connectivity index (χ1n) is 4.77. The first kappa shape index (κ1) is 11.8. The average Bonchev–Trinajstić information content (AvgIpc) is 2.69. The molecular formula is C9H10BrN5O2. The Kier molecular flexibility index (Phi) is 3.23. The minimum absolute atomic E-state index is 0.183. The highest BCUT2D eigenvalue weighted by Gasteiger charge is 2.07. The van der Waals surface area contributed by atoms with Crippen LogP contribution >= 0.6 is 15.9 Å². The number of halogens is 1. The van der Waals surface area contributed by atoms with Gasteiger partial charge >= 0.3 is 0 Å². The Hall–Kier alpha value is -1.70. The van der Waals surface area contributed by atoms with Crippen molar-refractivity contribution in [2.45, 2.75) is 6.54 Å². The van der Waals surface area contributed by atoms with Crippen molar-refractivity contribution in [2.24, 2.45) is 7.05 Å².